The lowest BCUT2D eigenvalue weighted by Gasteiger charge is -2.03. The van der Waals surface area contributed by atoms with Crippen LogP contribution in [0.3, 0.4) is 0 Å². The van der Waals surface area contributed by atoms with Gasteiger partial charge in [-0.05, 0) is 38.1 Å². The Morgan fingerprint density at radius 3 is 2.79 bits per heavy atom. The van der Waals surface area contributed by atoms with Crippen molar-refractivity contribution in [3.8, 4) is 11.3 Å². The second kappa shape index (κ2) is 6.67. The first-order chi connectivity index (χ1) is 11.5. The maximum atomic E-state index is 12.4. The number of hydrogen-bond acceptors (Lipinski definition) is 3. The smallest absolute Gasteiger partial charge is 0.273 e. The van der Waals surface area contributed by atoms with Crippen LogP contribution in [0.15, 0.2) is 30.5 Å². The SMILES string of the molecule is CCn1ncc(NC(=O)c2cc(-c3ccc(Cl)cc3Cl)n[nH]2)c1C. The second-order valence-electron chi connectivity index (χ2n) is 5.20. The van der Waals surface area contributed by atoms with Crippen LogP contribution in [0.2, 0.25) is 10.0 Å². The van der Waals surface area contributed by atoms with Gasteiger partial charge in [0.15, 0.2) is 0 Å². The first-order valence-corrected chi connectivity index (χ1v) is 8.09. The predicted octanol–water partition coefficient (Wildman–Crippen LogP) is 4.16. The zero-order chi connectivity index (χ0) is 17.3. The molecule has 0 aliphatic rings. The third kappa shape index (κ3) is 3.16. The molecule has 24 heavy (non-hydrogen) atoms. The molecule has 2 heterocycles. The molecule has 0 saturated carbocycles. The van der Waals surface area contributed by atoms with Crippen LogP contribution in [0.4, 0.5) is 5.69 Å². The molecule has 0 aliphatic heterocycles. The number of anilines is 1. The molecular formula is C16H15Cl2N5O. The first-order valence-electron chi connectivity index (χ1n) is 7.34. The molecule has 0 bridgehead atoms. The number of hydrogen-bond donors (Lipinski definition) is 2. The molecule has 2 N–H and O–H groups in total. The predicted molar refractivity (Wildman–Crippen MR) is 94.6 cm³/mol. The van der Waals surface area contributed by atoms with Crippen molar-refractivity contribution in [3.05, 3.63) is 51.9 Å². The molecule has 0 saturated heterocycles. The summed E-state index contributed by atoms with van der Waals surface area (Å²) in [6, 6.07) is 6.76. The summed E-state index contributed by atoms with van der Waals surface area (Å²) in [7, 11) is 0. The Kier molecular flexibility index (Phi) is 4.59. The van der Waals surface area contributed by atoms with Gasteiger partial charge in [0.05, 0.1) is 28.3 Å². The van der Waals surface area contributed by atoms with Crippen molar-refractivity contribution in [2.75, 3.05) is 5.32 Å². The molecule has 1 aromatic carbocycles. The topological polar surface area (TPSA) is 75.6 Å². The number of carbonyl (C=O) groups excluding carboxylic acids is 1. The van der Waals surface area contributed by atoms with Gasteiger partial charge in [-0.2, -0.15) is 10.2 Å². The zero-order valence-corrected chi connectivity index (χ0v) is 14.6. The lowest BCUT2D eigenvalue weighted by molar-refractivity contribution is 0.102. The molecule has 0 radical (unpaired) electrons. The number of amides is 1. The van der Waals surface area contributed by atoms with Crippen molar-refractivity contribution in [3.63, 3.8) is 0 Å². The Morgan fingerprint density at radius 1 is 1.33 bits per heavy atom. The van der Waals surface area contributed by atoms with E-state index in [4.69, 9.17) is 23.2 Å². The Morgan fingerprint density at radius 2 is 2.12 bits per heavy atom. The molecule has 0 unspecified atom stereocenters. The van der Waals surface area contributed by atoms with Gasteiger partial charge in [0.25, 0.3) is 5.91 Å². The molecule has 124 valence electrons. The van der Waals surface area contributed by atoms with Crippen molar-refractivity contribution in [2.45, 2.75) is 20.4 Å². The minimum Gasteiger partial charge on any atom is -0.318 e. The average Bonchev–Trinajstić information content (AvgIpc) is 3.15. The molecule has 0 atom stereocenters. The molecule has 1 amide bonds. The molecule has 0 aliphatic carbocycles. The van der Waals surface area contributed by atoms with E-state index in [2.05, 4.69) is 20.6 Å². The Bertz CT molecular complexity index is 900. The number of halogens is 2. The summed E-state index contributed by atoms with van der Waals surface area (Å²) < 4.78 is 1.81. The third-order valence-corrected chi connectivity index (χ3v) is 4.23. The summed E-state index contributed by atoms with van der Waals surface area (Å²) >= 11 is 12.1. The van der Waals surface area contributed by atoms with Crippen LogP contribution in [0.25, 0.3) is 11.3 Å². The van der Waals surface area contributed by atoms with Crippen molar-refractivity contribution < 1.29 is 4.79 Å². The number of aromatic nitrogens is 4. The highest BCUT2D eigenvalue weighted by molar-refractivity contribution is 6.36. The zero-order valence-electron chi connectivity index (χ0n) is 13.1. The number of aromatic amines is 1. The number of benzene rings is 1. The van der Waals surface area contributed by atoms with Crippen molar-refractivity contribution >= 4 is 34.8 Å². The van der Waals surface area contributed by atoms with E-state index in [1.165, 1.54) is 0 Å². The van der Waals surface area contributed by atoms with E-state index in [0.717, 1.165) is 12.2 Å². The van der Waals surface area contributed by atoms with Crippen LogP contribution in [0.1, 0.15) is 23.1 Å². The van der Waals surface area contributed by atoms with Crippen molar-refractivity contribution in [1.82, 2.24) is 20.0 Å². The van der Waals surface area contributed by atoms with Crippen LogP contribution in [0, 0.1) is 6.92 Å². The van der Waals surface area contributed by atoms with Crippen molar-refractivity contribution in [1.29, 1.82) is 0 Å². The van der Waals surface area contributed by atoms with Gasteiger partial charge in [-0.1, -0.05) is 23.2 Å². The molecular weight excluding hydrogens is 349 g/mol. The lowest BCUT2D eigenvalue weighted by atomic mass is 10.1. The molecule has 2 aromatic heterocycles. The highest BCUT2D eigenvalue weighted by atomic mass is 35.5. The maximum Gasteiger partial charge on any atom is 0.273 e. The van der Waals surface area contributed by atoms with Crippen LogP contribution in [0.5, 0.6) is 0 Å². The quantitative estimate of drug-likeness (QED) is 0.730. The van der Waals surface area contributed by atoms with Crippen LogP contribution >= 0.6 is 23.2 Å². The van der Waals surface area contributed by atoms with Crippen molar-refractivity contribution in [2.24, 2.45) is 0 Å². The monoisotopic (exact) mass is 363 g/mol. The van der Waals surface area contributed by atoms with E-state index >= 15 is 0 Å². The van der Waals surface area contributed by atoms with E-state index in [1.54, 1.807) is 30.5 Å². The number of carbonyl (C=O) groups is 1. The third-order valence-electron chi connectivity index (χ3n) is 3.68. The van der Waals surface area contributed by atoms with Gasteiger partial charge in [0.2, 0.25) is 0 Å². The highest BCUT2D eigenvalue weighted by Crippen LogP contribution is 2.29. The molecule has 6 nitrogen and oxygen atoms in total. The number of nitrogens with one attached hydrogen (secondary N) is 2. The summed E-state index contributed by atoms with van der Waals surface area (Å²) in [5.74, 6) is -0.294. The fraction of sp³-hybridized carbons (Fsp3) is 0.188. The van der Waals surface area contributed by atoms with E-state index in [-0.39, 0.29) is 5.91 Å². The number of H-pyrrole nitrogens is 1. The van der Waals surface area contributed by atoms with Gasteiger partial charge in [-0.25, -0.2) is 0 Å². The van der Waals surface area contributed by atoms with Crippen LogP contribution < -0.4 is 5.32 Å². The summed E-state index contributed by atoms with van der Waals surface area (Å²) in [4.78, 5) is 12.4. The van der Waals surface area contributed by atoms with Crippen LogP contribution in [-0.4, -0.2) is 25.9 Å². The Hall–Kier alpha value is -2.31. The molecule has 0 spiro atoms. The van der Waals surface area contributed by atoms with Gasteiger partial charge >= 0.3 is 0 Å². The van der Waals surface area contributed by atoms with Gasteiger partial charge in [0, 0.05) is 17.1 Å². The molecule has 0 fully saturated rings. The summed E-state index contributed by atoms with van der Waals surface area (Å²) in [6.07, 6.45) is 1.63. The molecule has 3 aromatic rings. The summed E-state index contributed by atoms with van der Waals surface area (Å²) in [5.41, 5.74) is 3.17. The largest absolute Gasteiger partial charge is 0.318 e. The fourth-order valence-corrected chi connectivity index (χ4v) is 2.86. The highest BCUT2D eigenvalue weighted by Gasteiger charge is 2.15. The molecule has 8 heteroatoms. The second-order valence-corrected chi connectivity index (χ2v) is 6.05. The summed E-state index contributed by atoms with van der Waals surface area (Å²) in [6.45, 7) is 4.63. The van der Waals surface area contributed by atoms with Gasteiger partial charge in [-0.3, -0.25) is 14.6 Å². The Labute approximate surface area is 148 Å². The minimum absolute atomic E-state index is 0.294. The molecule has 3 rings (SSSR count). The van der Waals surface area contributed by atoms with E-state index < -0.39 is 0 Å². The average molecular weight is 364 g/mol. The van der Waals surface area contributed by atoms with Crippen LogP contribution in [-0.2, 0) is 6.54 Å². The van der Waals surface area contributed by atoms with Gasteiger partial charge in [-0.15, -0.1) is 0 Å². The fourth-order valence-electron chi connectivity index (χ4n) is 2.35. The van der Waals surface area contributed by atoms with E-state index in [1.807, 2.05) is 18.5 Å². The first kappa shape index (κ1) is 16.5. The number of rotatable bonds is 4. The normalized spacial score (nSPS) is 10.8. The van der Waals surface area contributed by atoms with E-state index in [9.17, 15) is 4.79 Å². The number of nitrogens with zero attached hydrogens (tertiary/aromatic N) is 3. The lowest BCUT2D eigenvalue weighted by Crippen LogP contribution is -2.13. The minimum atomic E-state index is -0.294. The standard InChI is InChI=1S/C16H15Cl2N5O/c1-3-23-9(2)15(8-19-23)20-16(24)14-7-13(21-22-14)11-5-4-10(17)6-12(11)18/h4-8H,3H2,1-2H3,(H,20,24)(H,21,22). The number of aryl methyl sites for hydroxylation is 1. The van der Waals surface area contributed by atoms with E-state index in [0.29, 0.717) is 32.7 Å². The van der Waals surface area contributed by atoms with Gasteiger partial charge in [0.1, 0.15) is 5.69 Å². The summed E-state index contributed by atoms with van der Waals surface area (Å²) in [5, 5.41) is 14.9. The van der Waals surface area contributed by atoms with Gasteiger partial charge < -0.3 is 5.32 Å². The maximum absolute atomic E-state index is 12.4. The Balaban J connectivity index is 1.82.